The molecule has 0 saturated carbocycles. The van der Waals surface area contributed by atoms with Crippen LogP contribution in [0.4, 0.5) is 11.4 Å². The minimum Gasteiger partial charge on any atom is -0.461 e. The van der Waals surface area contributed by atoms with E-state index in [0.29, 0.717) is 16.7 Å². The van der Waals surface area contributed by atoms with E-state index in [1.807, 2.05) is 30.3 Å². The molecule has 0 saturated heterocycles. The number of anilines is 1. The number of hydrogen-bond donors (Lipinski definition) is 1. The highest BCUT2D eigenvalue weighted by molar-refractivity contribution is 7.99. The summed E-state index contributed by atoms with van der Waals surface area (Å²) in [4.78, 5) is 23.1. The summed E-state index contributed by atoms with van der Waals surface area (Å²) in [5.41, 5.74) is 0.589. The van der Waals surface area contributed by atoms with Gasteiger partial charge in [0.05, 0.1) is 16.9 Å². The van der Waals surface area contributed by atoms with Crippen LogP contribution in [0.5, 0.6) is 0 Å². The molecule has 0 fully saturated rings. The fourth-order valence-electron chi connectivity index (χ4n) is 2.82. The average Bonchev–Trinajstić information content (AvgIpc) is 3.42. The maximum absolute atomic E-state index is 12.5. The van der Waals surface area contributed by atoms with E-state index in [1.165, 1.54) is 24.5 Å². The number of hydrogen-bond acceptors (Lipinski definition) is 7. The molecule has 1 amide bonds. The molecule has 11 heteroatoms. The number of para-hydroxylation sites is 1. The molecule has 2 heterocycles. The van der Waals surface area contributed by atoms with E-state index in [0.717, 1.165) is 17.4 Å². The summed E-state index contributed by atoms with van der Waals surface area (Å²) in [5.74, 6) is 0.525. The summed E-state index contributed by atoms with van der Waals surface area (Å²) in [6, 6.07) is 16.9. The van der Waals surface area contributed by atoms with Crippen LogP contribution in [-0.2, 0) is 4.79 Å². The van der Waals surface area contributed by atoms with Gasteiger partial charge in [0.2, 0.25) is 11.7 Å². The summed E-state index contributed by atoms with van der Waals surface area (Å²) in [7, 11) is 0. The van der Waals surface area contributed by atoms with Crippen LogP contribution in [0.1, 0.15) is 0 Å². The molecule has 0 aliphatic carbocycles. The number of carbonyl (C=O) groups excluding carboxylic acids is 1. The smallest absolute Gasteiger partial charge is 0.292 e. The van der Waals surface area contributed by atoms with Crippen LogP contribution in [0.3, 0.4) is 0 Å². The van der Waals surface area contributed by atoms with E-state index in [9.17, 15) is 14.9 Å². The van der Waals surface area contributed by atoms with Crippen molar-refractivity contribution in [1.82, 2.24) is 14.8 Å². The molecule has 31 heavy (non-hydrogen) atoms. The fraction of sp³-hybridized carbons (Fsp3) is 0.0500. The third kappa shape index (κ3) is 4.60. The molecule has 156 valence electrons. The molecule has 0 spiro atoms. The number of rotatable bonds is 7. The first kappa shape index (κ1) is 20.6. The zero-order chi connectivity index (χ0) is 21.8. The second-order valence-electron chi connectivity index (χ2n) is 6.21. The van der Waals surface area contributed by atoms with Gasteiger partial charge in [-0.05, 0) is 36.4 Å². The SMILES string of the molecule is O=C(CSc1nnc(-c2ccco2)n1-c1ccccc1)Nc1cc(Cl)ccc1[N+](=O)[O-]. The van der Waals surface area contributed by atoms with Gasteiger partial charge in [0.15, 0.2) is 10.9 Å². The minimum atomic E-state index is -0.583. The third-order valence-electron chi connectivity index (χ3n) is 4.15. The van der Waals surface area contributed by atoms with Crippen LogP contribution in [0.15, 0.2) is 76.5 Å². The van der Waals surface area contributed by atoms with E-state index in [1.54, 1.807) is 16.7 Å². The number of halogens is 1. The highest BCUT2D eigenvalue weighted by atomic mass is 35.5. The van der Waals surface area contributed by atoms with Gasteiger partial charge in [0, 0.05) is 16.8 Å². The zero-order valence-corrected chi connectivity index (χ0v) is 17.3. The van der Waals surface area contributed by atoms with Gasteiger partial charge in [0.25, 0.3) is 5.69 Å². The first-order valence-electron chi connectivity index (χ1n) is 8.94. The Morgan fingerprint density at radius 1 is 1.16 bits per heavy atom. The maximum atomic E-state index is 12.5. The van der Waals surface area contributed by atoms with Crippen molar-refractivity contribution in [3.8, 4) is 17.3 Å². The molecule has 0 aliphatic heterocycles. The van der Waals surface area contributed by atoms with Crippen LogP contribution < -0.4 is 5.32 Å². The molecule has 4 aromatic rings. The van der Waals surface area contributed by atoms with E-state index in [2.05, 4.69) is 15.5 Å². The summed E-state index contributed by atoms with van der Waals surface area (Å²) in [6.45, 7) is 0. The number of amides is 1. The molecule has 4 rings (SSSR count). The van der Waals surface area contributed by atoms with Gasteiger partial charge in [0.1, 0.15) is 5.69 Å². The molecule has 1 N–H and O–H groups in total. The van der Waals surface area contributed by atoms with Crippen molar-refractivity contribution in [2.75, 3.05) is 11.1 Å². The molecule has 0 atom stereocenters. The zero-order valence-electron chi connectivity index (χ0n) is 15.8. The number of nitrogens with one attached hydrogen (secondary N) is 1. The molecule has 0 bridgehead atoms. The number of aromatic nitrogens is 3. The first-order chi connectivity index (χ1) is 15.0. The van der Waals surface area contributed by atoms with E-state index >= 15 is 0 Å². The number of nitrogens with zero attached hydrogens (tertiary/aromatic N) is 4. The van der Waals surface area contributed by atoms with E-state index in [4.69, 9.17) is 16.0 Å². The molecule has 0 unspecified atom stereocenters. The van der Waals surface area contributed by atoms with Crippen LogP contribution in [-0.4, -0.2) is 31.3 Å². The lowest BCUT2D eigenvalue weighted by Crippen LogP contribution is -2.15. The van der Waals surface area contributed by atoms with Crippen LogP contribution in [0.25, 0.3) is 17.3 Å². The summed E-state index contributed by atoms with van der Waals surface area (Å²) >= 11 is 7.05. The lowest BCUT2D eigenvalue weighted by atomic mass is 10.2. The van der Waals surface area contributed by atoms with Crippen molar-refractivity contribution in [1.29, 1.82) is 0 Å². The Balaban J connectivity index is 1.56. The highest BCUT2D eigenvalue weighted by Crippen LogP contribution is 2.30. The van der Waals surface area contributed by atoms with Gasteiger partial charge in [-0.15, -0.1) is 10.2 Å². The van der Waals surface area contributed by atoms with Crippen molar-refractivity contribution in [2.45, 2.75) is 5.16 Å². The summed E-state index contributed by atoms with van der Waals surface area (Å²) < 4.78 is 7.23. The third-order valence-corrected chi connectivity index (χ3v) is 5.32. The molecule has 2 aromatic heterocycles. The minimum absolute atomic E-state index is 0.0314. The van der Waals surface area contributed by atoms with E-state index < -0.39 is 10.8 Å². The Morgan fingerprint density at radius 3 is 2.68 bits per heavy atom. The number of carbonyl (C=O) groups is 1. The lowest BCUT2D eigenvalue weighted by Gasteiger charge is -2.09. The molecule has 9 nitrogen and oxygen atoms in total. The van der Waals surface area contributed by atoms with Gasteiger partial charge < -0.3 is 9.73 Å². The second kappa shape index (κ2) is 9.02. The lowest BCUT2D eigenvalue weighted by molar-refractivity contribution is -0.383. The quantitative estimate of drug-likeness (QED) is 0.241. The van der Waals surface area contributed by atoms with Crippen LogP contribution >= 0.6 is 23.4 Å². The molecular formula is C20H14ClN5O4S. The second-order valence-corrected chi connectivity index (χ2v) is 7.59. The van der Waals surface area contributed by atoms with Gasteiger partial charge in [-0.25, -0.2) is 0 Å². The fourth-order valence-corrected chi connectivity index (χ4v) is 3.75. The van der Waals surface area contributed by atoms with Gasteiger partial charge in [-0.3, -0.25) is 19.5 Å². The first-order valence-corrected chi connectivity index (χ1v) is 10.3. The van der Waals surface area contributed by atoms with Gasteiger partial charge in [-0.2, -0.15) is 0 Å². The standard InChI is InChI=1S/C20H14ClN5O4S/c21-13-8-9-16(26(28)29)15(11-13)22-18(27)12-31-20-24-23-19(17-7-4-10-30-17)25(20)14-5-2-1-3-6-14/h1-11H,12H2,(H,22,27). The molecular weight excluding hydrogens is 442 g/mol. The number of benzene rings is 2. The Kier molecular flexibility index (Phi) is 6.01. The average molecular weight is 456 g/mol. The molecule has 2 aromatic carbocycles. The predicted octanol–water partition coefficient (Wildman–Crippen LogP) is 4.82. The van der Waals surface area contributed by atoms with Crippen LogP contribution in [0, 0.1) is 10.1 Å². The summed E-state index contributed by atoms with van der Waals surface area (Å²) in [5, 5.41) is 22.9. The summed E-state index contributed by atoms with van der Waals surface area (Å²) in [6.07, 6.45) is 1.54. The number of nitro groups is 1. The van der Waals surface area contributed by atoms with E-state index in [-0.39, 0.29) is 22.2 Å². The monoisotopic (exact) mass is 455 g/mol. The van der Waals surface area contributed by atoms with Gasteiger partial charge in [-0.1, -0.05) is 41.6 Å². The maximum Gasteiger partial charge on any atom is 0.292 e. The number of furan rings is 1. The Bertz CT molecular complexity index is 1230. The van der Waals surface area contributed by atoms with Gasteiger partial charge >= 0.3 is 0 Å². The highest BCUT2D eigenvalue weighted by Gasteiger charge is 2.20. The van der Waals surface area contributed by atoms with Crippen molar-refractivity contribution >= 4 is 40.6 Å². The molecule has 0 aliphatic rings. The van der Waals surface area contributed by atoms with Crippen molar-refractivity contribution < 1.29 is 14.1 Å². The normalized spacial score (nSPS) is 10.7. The Hall–Kier alpha value is -3.63. The van der Waals surface area contributed by atoms with Crippen molar-refractivity contribution in [3.05, 3.63) is 82.1 Å². The van der Waals surface area contributed by atoms with Crippen molar-refractivity contribution in [3.63, 3.8) is 0 Å². The van der Waals surface area contributed by atoms with Crippen LogP contribution in [0.2, 0.25) is 5.02 Å². The Morgan fingerprint density at radius 2 is 1.97 bits per heavy atom. The topological polar surface area (TPSA) is 116 Å². The number of thioether (sulfide) groups is 1. The predicted molar refractivity (Wildman–Crippen MR) is 117 cm³/mol. The molecule has 0 radical (unpaired) electrons. The number of nitro benzene ring substituents is 1. The largest absolute Gasteiger partial charge is 0.461 e. The van der Waals surface area contributed by atoms with Crippen molar-refractivity contribution in [2.24, 2.45) is 0 Å². The Labute approximate surface area is 185 Å².